The zero-order chi connectivity index (χ0) is 22.2. The van der Waals surface area contributed by atoms with E-state index in [1.54, 1.807) is 34.9 Å². The number of aromatic nitrogens is 3. The number of hydrogen-bond donors (Lipinski definition) is 2. The first-order valence-corrected chi connectivity index (χ1v) is 10.6. The smallest absolute Gasteiger partial charge is 0.234 e. The van der Waals surface area contributed by atoms with Gasteiger partial charge in [0.05, 0.1) is 22.9 Å². The van der Waals surface area contributed by atoms with Crippen LogP contribution in [0.25, 0.3) is 0 Å². The van der Waals surface area contributed by atoms with Crippen LogP contribution in [0.1, 0.15) is 5.82 Å². The van der Waals surface area contributed by atoms with Gasteiger partial charge in [-0.2, -0.15) is 0 Å². The molecule has 0 aliphatic rings. The first-order valence-electron chi connectivity index (χ1n) is 9.22. The van der Waals surface area contributed by atoms with E-state index in [4.69, 9.17) is 11.6 Å². The van der Waals surface area contributed by atoms with Gasteiger partial charge in [0.15, 0.2) is 5.16 Å². The van der Waals surface area contributed by atoms with Crippen LogP contribution in [0.5, 0.6) is 0 Å². The van der Waals surface area contributed by atoms with Gasteiger partial charge in [-0.1, -0.05) is 41.6 Å². The SMILES string of the molecule is C=CCn1c(CC(=O)Nc2ccccc2Cl)nnc1SCC(=O)Nc1ccc(F)cc1. The monoisotopic (exact) mass is 459 g/mol. The maximum Gasteiger partial charge on any atom is 0.234 e. The molecule has 0 spiro atoms. The molecule has 2 amide bonds. The van der Waals surface area contributed by atoms with Gasteiger partial charge in [0, 0.05) is 12.2 Å². The fraction of sp³-hybridized carbons (Fsp3) is 0.143. The van der Waals surface area contributed by atoms with Crippen molar-refractivity contribution in [2.24, 2.45) is 0 Å². The second-order valence-corrected chi connectivity index (χ2v) is 7.70. The first-order chi connectivity index (χ1) is 15.0. The summed E-state index contributed by atoms with van der Waals surface area (Å²) in [6.45, 7) is 4.10. The second kappa shape index (κ2) is 10.7. The van der Waals surface area contributed by atoms with Crippen LogP contribution in [0.2, 0.25) is 5.02 Å². The zero-order valence-electron chi connectivity index (χ0n) is 16.3. The van der Waals surface area contributed by atoms with Gasteiger partial charge in [-0.05, 0) is 36.4 Å². The number of thioether (sulfide) groups is 1. The van der Waals surface area contributed by atoms with Crippen molar-refractivity contribution in [2.45, 2.75) is 18.1 Å². The van der Waals surface area contributed by atoms with E-state index in [-0.39, 0.29) is 29.8 Å². The Bertz CT molecular complexity index is 1090. The number of halogens is 2. The van der Waals surface area contributed by atoms with Crippen LogP contribution in [0.4, 0.5) is 15.8 Å². The highest BCUT2D eigenvalue weighted by molar-refractivity contribution is 7.99. The van der Waals surface area contributed by atoms with Crippen LogP contribution >= 0.6 is 23.4 Å². The van der Waals surface area contributed by atoms with Crippen molar-refractivity contribution in [1.82, 2.24) is 14.8 Å². The minimum atomic E-state index is -0.379. The second-order valence-electron chi connectivity index (χ2n) is 6.35. The van der Waals surface area contributed by atoms with Crippen molar-refractivity contribution in [3.8, 4) is 0 Å². The molecule has 0 bridgehead atoms. The Morgan fingerprint density at radius 2 is 1.84 bits per heavy atom. The molecule has 31 heavy (non-hydrogen) atoms. The highest BCUT2D eigenvalue weighted by Crippen LogP contribution is 2.22. The molecule has 2 aromatic carbocycles. The summed E-state index contributed by atoms with van der Waals surface area (Å²) in [4.78, 5) is 24.6. The highest BCUT2D eigenvalue weighted by Gasteiger charge is 2.17. The van der Waals surface area contributed by atoms with E-state index in [0.717, 1.165) is 0 Å². The molecule has 10 heteroatoms. The number of nitrogens with one attached hydrogen (secondary N) is 2. The third-order valence-electron chi connectivity index (χ3n) is 4.03. The van der Waals surface area contributed by atoms with Crippen molar-refractivity contribution in [2.75, 3.05) is 16.4 Å². The average molecular weight is 460 g/mol. The maximum atomic E-state index is 13.0. The molecule has 0 saturated carbocycles. The summed E-state index contributed by atoms with van der Waals surface area (Å²) in [5, 5.41) is 14.5. The largest absolute Gasteiger partial charge is 0.325 e. The summed E-state index contributed by atoms with van der Waals surface area (Å²) in [6.07, 6.45) is 1.63. The molecule has 0 atom stereocenters. The van der Waals surface area contributed by atoms with Gasteiger partial charge in [0.2, 0.25) is 11.8 Å². The first kappa shape index (κ1) is 22.5. The Morgan fingerprint density at radius 3 is 2.55 bits per heavy atom. The van der Waals surface area contributed by atoms with Crippen molar-refractivity contribution in [3.05, 3.63) is 77.9 Å². The molecule has 0 fully saturated rings. The van der Waals surface area contributed by atoms with Crippen LogP contribution in [0.3, 0.4) is 0 Å². The number of carbonyl (C=O) groups is 2. The van der Waals surface area contributed by atoms with E-state index >= 15 is 0 Å². The Morgan fingerprint density at radius 1 is 1.10 bits per heavy atom. The molecule has 0 aliphatic heterocycles. The summed E-state index contributed by atoms with van der Waals surface area (Å²) in [5.74, 6) is -0.445. The lowest BCUT2D eigenvalue weighted by Crippen LogP contribution is -2.18. The summed E-state index contributed by atoms with van der Waals surface area (Å²) in [6, 6.07) is 12.4. The molecular weight excluding hydrogens is 441 g/mol. The Kier molecular flexibility index (Phi) is 7.80. The van der Waals surface area contributed by atoms with Crippen molar-refractivity contribution in [1.29, 1.82) is 0 Å². The van der Waals surface area contributed by atoms with Crippen LogP contribution in [0, 0.1) is 5.82 Å². The molecule has 3 aromatic rings. The number of amides is 2. The van der Waals surface area contributed by atoms with E-state index in [0.29, 0.717) is 33.9 Å². The molecule has 3 rings (SSSR count). The summed E-state index contributed by atoms with van der Waals surface area (Å²) >= 11 is 7.25. The van der Waals surface area contributed by atoms with E-state index in [2.05, 4.69) is 27.4 Å². The number of allylic oxidation sites excluding steroid dienone is 1. The zero-order valence-corrected chi connectivity index (χ0v) is 17.9. The molecule has 0 radical (unpaired) electrons. The number of benzene rings is 2. The van der Waals surface area contributed by atoms with Crippen molar-refractivity contribution in [3.63, 3.8) is 0 Å². The van der Waals surface area contributed by atoms with E-state index in [9.17, 15) is 14.0 Å². The van der Waals surface area contributed by atoms with Gasteiger partial charge in [0.25, 0.3) is 0 Å². The number of hydrogen-bond acceptors (Lipinski definition) is 5. The fourth-order valence-electron chi connectivity index (χ4n) is 2.63. The molecule has 160 valence electrons. The van der Waals surface area contributed by atoms with Gasteiger partial charge < -0.3 is 15.2 Å². The van der Waals surface area contributed by atoms with Crippen molar-refractivity contribution < 1.29 is 14.0 Å². The third kappa shape index (κ3) is 6.40. The molecule has 7 nitrogen and oxygen atoms in total. The molecule has 0 saturated heterocycles. The maximum absolute atomic E-state index is 13.0. The van der Waals surface area contributed by atoms with Gasteiger partial charge in [-0.15, -0.1) is 16.8 Å². The Hall–Kier alpha value is -3.17. The van der Waals surface area contributed by atoms with E-state index in [1.807, 2.05) is 0 Å². The predicted molar refractivity (Wildman–Crippen MR) is 120 cm³/mol. The minimum Gasteiger partial charge on any atom is -0.325 e. The number of anilines is 2. The topological polar surface area (TPSA) is 88.9 Å². The lowest BCUT2D eigenvalue weighted by atomic mass is 10.3. The lowest BCUT2D eigenvalue weighted by Gasteiger charge is -2.09. The minimum absolute atomic E-state index is 0.0194. The number of nitrogens with zero attached hydrogens (tertiary/aromatic N) is 3. The summed E-state index contributed by atoms with van der Waals surface area (Å²) in [5.41, 5.74) is 1.01. The fourth-order valence-corrected chi connectivity index (χ4v) is 3.58. The Balaban J connectivity index is 1.62. The predicted octanol–water partition coefficient (Wildman–Crippen LogP) is 4.17. The standard InChI is InChI=1S/C21H19ClFN5O2S/c1-2-11-28-18(12-19(29)25-17-6-4-3-5-16(17)22)26-27-21(28)31-13-20(30)24-15-9-7-14(23)8-10-15/h2-10H,1,11-13H2,(H,24,30)(H,25,29). The molecule has 0 aliphatic carbocycles. The quantitative estimate of drug-likeness (QED) is 0.370. The van der Waals surface area contributed by atoms with Crippen LogP contribution in [-0.4, -0.2) is 32.3 Å². The van der Waals surface area contributed by atoms with E-state index in [1.165, 1.54) is 36.0 Å². The normalized spacial score (nSPS) is 10.5. The van der Waals surface area contributed by atoms with Crippen LogP contribution < -0.4 is 10.6 Å². The Labute approximate surface area is 187 Å². The lowest BCUT2D eigenvalue weighted by molar-refractivity contribution is -0.116. The number of carbonyl (C=O) groups excluding carboxylic acids is 2. The molecule has 0 unspecified atom stereocenters. The highest BCUT2D eigenvalue weighted by atomic mass is 35.5. The molecule has 2 N–H and O–H groups in total. The van der Waals surface area contributed by atoms with Crippen molar-refractivity contribution >= 4 is 46.6 Å². The van der Waals surface area contributed by atoms with E-state index < -0.39 is 0 Å². The molecule has 1 aromatic heterocycles. The van der Waals surface area contributed by atoms with Gasteiger partial charge in [-0.3, -0.25) is 9.59 Å². The molecular formula is C21H19ClFN5O2S. The summed E-state index contributed by atoms with van der Waals surface area (Å²) < 4.78 is 14.7. The van der Waals surface area contributed by atoms with Gasteiger partial charge in [-0.25, -0.2) is 4.39 Å². The number of rotatable bonds is 9. The van der Waals surface area contributed by atoms with Crippen LogP contribution in [-0.2, 0) is 22.6 Å². The van der Waals surface area contributed by atoms with Gasteiger partial charge >= 0.3 is 0 Å². The summed E-state index contributed by atoms with van der Waals surface area (Å²) in [7, 11) is 0. The third-order valence-corrected chi connectivity index (χ3v) is 5.33. The van der Waals surface area contributed by atoms with Gasteiger partial charge in [0.1, 0.15) is 11.6 Å². The van der Waals surface area contributed by atoms with Crippen LogP contribution in [0.15, 0.2) is 66.3 Å². The molecule has 1 heterocycles. The number of para-hydroxylation sites is 1. The average Bonchev–Trinajstić information content (AvgIpc) is 3.11.